The highest BCUT2D eigenvalue weighted by Gasteiger charge is 2.48. The number of rotatable bonds is 3. The molecule has 2 nitrogen and oxygen atoms in total. The third-order valence-electron chi connectivity index (χ3n) is 4.29. The highest BCUT2D eigenvalue weighted by atomic mass is 16.5. The fourth-order valence-corrected chi connectivity index (χ4v) is 3.12. The van der Waals surface area contributed by atoms with Crippen molar-refractivity contribution in [1.29, 1.82) is 0 Å². The van der Waals surface area contributed by atoms with Crippen molar-refractivity contribution in [2.45, 2.75) is 5.60 Å². The van der Waals surface area contributed by atoms with Crippen LogP contribution in [0, 0.1) is 0 Å². The molecule has 0 fully saturated rings. The van der Waals surface area contributed by atoms with Crippen LogP contribution in [0.25, 0.3) is 5.76 Å². The molecule has 0 N–H and O–H groups in total. The molecule has 0 saturated carbocycles. The molecule has 3 aromatic carbocycles. The van der Waals surface area contributed by atoms with Gasteiger partial charge in [-0.2, -0.15) is 0 Å². The molecular weight excluding hydrogens is 296 g/mol. The van der Waals surface area contributed by atoms with Crippen LogP contribution in [0.2, 0.25) is 0 Å². The molecular formula is C22H16O2. The van der Waals surface area contributed by atoms with E-state index in [-0.39, 0.29) is 5.78 Å². The minimum absolute atomic E-state index is 0.0567. The molecule has 116 valence electrons. The lowest BCUT2D eigenvalue weighted by molar-refractivity contribution is -0.126. The Balaban J connectivity index is 1.87. The summed E-state index contributed by atoms with van der Waals surface area (Å²) >= 11 is 0. The topological polar surface area (TPSA) is 26.3 Å². The Hall–Kier alpha value is -3.13. The standard InChI is InChI=1S/C22H16O2/c23-21-16-20(17-10-4-1-5-11-17)24-22(21,18-12-6-2-7-13-18)19-14-8-3-9-15-19/h1-16H. The van der Waals surface area contributed by atoms with Gasteiger partial charge in [0.05, 0.1) is 0 Å². The summed E-state index contributed by atoms with van der Waals surface area (Å²) < 4.78 is 6.33. The van der Waals surface area contributed by atoms with Crippen LogP contribution in [0.15, 0.2) is 97.1 Å². The fourth-order valence-electron chi connectivity index (χ4n) is 3.12. The molecule has 0 aromatic heterocycles. The van der Waals surface area contributed by atoms with Crippen molar-refractivity contribution < 1.29 is 9.53 Å². The SMILES string of the molecule is O=C1C=C(c2ccccc2)OC1(c1ccccc1)c1ccccc1. The predicted molar refractivity (Wildman–Crippen MR) is 94.2 cm³/mol. The summed E-state index contributed by atoms with van der Waals surface area (Å²) in [7, 11) is 0. The molecule has 0 aliphatic carbocycles. The number of hydrogen-bond donors (Lipinski definition) is 0. The molecule has 0 saturated heterocycles. The number of benzene rings is 3. The second-order valence-corrected chi connectivity index (χ2v) is 5.75. The van der Waals surface area contributed by atoms with Gasteiger partial charge in [0.25, 0.3) is 0 Å². The summed E-state index contributed by atoms with van der Waals surface area (Å²) in [5.41, 5.74) is 1.46. The van der Waals surface area contributed by atoms with E-state index in [1.807, 2.05) is 91.0 Å². The minimum Gasteiger partial charge on any atom is -0.469 e. The van der Waals surface area contributed by atoms with Crippen LogP contribution < -0.4 is 0 Å². The van der Waals surface area contributed by atoms with E-state index < -0.39 is 5.60 Å². The van der Waals surface area contributed by atoms with Crippen molar-refractivity contribution in [3.05, 3.63) is 114 Å². The molecule has 24 heavy (non-hydrogen) atoms. The van der Waals surface area contributed by atoms with Crippen molar-refractivity contribution in [3.63, 3.8) is 0 Å². The van der Waals surface area contributed by atoms with Crippen LogP contribution in [0.4, 0.5) is 0 Å². The molecule has 0 atom stereocenters. The van der Waals surface area contributed by atoms with Gasteiger partial charge in [0, 0.05) is 22.8 Å². The highest BCUT2D eigenvalue weighted by molar-refractivity contribution is 6.08. The van der Waals surface area contributed by atoms with E-state index in [1.165, 1.54) is 0 Å². The van der Waals surface area contributed by atoms with Crippen LogP contribution in [0.3, 0.4) is 0 Å². The molecule has 4 rings (SSSR count). The van der Waals surface area contributed by atoms with Crippen molar-refractivity contribution >= 4 is 11.5 Å². The maximum Gasteiger partial charge on any atom is 0.221 e. The summed E-state index contributed by atoms with van der Waals surface area (Å²) in [6.45, 7) is 0. The van der Waals surface area contributed by atoms with E-state index in [4.69, 9.17) is 4.74 Å². The summed E-state index contributed by atoms with van der Waals surface area (Å²) in [6.07, 6.45) is 1.61. The third kappa shape index (κ3) is 2.24. The van der Waals surface area contributed by atoms with Crippen molar-refractivity contribution in [1.82, 2.24) is 0 Å². The average molecular weight is 312 g/mol. The predicted octanol–water partition coefficient (Wildman–Crippen LogP) is 4.57. The lowest BCUT2D eigenvalue weighted by Gasteiger charge is -2.29. The van der Waals surface area contributed by atoms with E-state index in [2.05, 4.69) is 0 Å². The quantitative estimate of drug-likeness (QED) is 0.708. The number of ketones is 1. The van der Waals surface area contributed by atoms with E-state index in [9.17, 15) is 4.79 Å². The van der Waals surface area contributed by atoms with Crippen LogP contribution in [-0.4, -0.2) is 5.78 Å². The summed E-state index contributed by atoms with van der Waals surface area (Å²) in [5.74, 6) is 0.548. The summed E-state index contributed by atoms with van der Waals surface area (Å²) in [4.78, 5) is 13.1. The monoisotopic (exact) mass is 312 g/mol. The zero-order valence-electron chi connectivity index (χ0n) is 13.1. The van der Waals surface area contributed by atoms with Gasteiger partial charge in [-0.3, -0.25) is 4.79 Å². The van der Waals surface area contributed by atoms with Gasteiger partial charge in [0.15, 0.2) is 0 Å². The second kappa shape index (κ2) is 5.82. The van der Waals surface area contributed by atoms with E-state index in [0.717, 1.165) is 16.7 Å². The first kappa shape index (κ1) is 14.5. The van der Waals surface area contributed by atoms with Crippen molar-refractivity contribution in [2.24, 2.45) is 0 Å². The molecule has 0 radical (unpaired) electrons. The van der Waals surface area contributed by atoms with Crippen LogP contribution in [0.1, 0.15) is 16.7 Å². The van der Waals surface area contributed by atoms with Gasteiger partial charge >= 0.3 is 0 Å². The second-order valence-electron chi connectivity index (χ2n) is 5.75. The first-order valence-electron chi connectivity index (χ1n) is 7.92. The van der Waals surface area contributed by atoms with Crippen molar-refractivity contribution in [2.75, 3.05) is 0 Å². The molecule has 1 aliphatic heterocycles. The Bertz CT molecular complexity index is 842. The van der Waals surface area contributed by atoms with E-state index in [1.54, 1.807) is 6.08 Å². The third-order valence-corrected chi connectivity index (χ3v) is 4.29. The number of carbonyl (C=O) groups is 1. The van der Waals surface area contributed by atoms with Gasteiger partial charge in [0.1, 0.15) is 5.76 Å². The average Bonchev–Trinajstić information content (AvgIpc) is 3.02. The Morgan fingerprint density at radius 2 is 1.08 bits per heavy atom. The number of hydrogen-bond acceptors (Lipinski definition) is 2. The Kier molecular flexibility index (Phi) is 3.51. The Labute approximate surface area is 141 Å². The fraction of sp³-hybridized carbons (Fsp3) is 0.0455. The van der Waals surface area contributed by atoms with E-state index in [0.29, 0.717) is 5.76 Å². The normalized spacial score (nSPS) is 15.7. The van der Waals surface area contributed by atoms with Gasteiger partial charge in [0.2, 0.25) is 11.4 Å². The molecule has 3 aromatic rings. The van der Waals surface area contributed by atoms with Gasteiger partial charge in [-0.25, -0.2) is 0 Å². The van der Waals surface area contributed by atoms with Crippen molar-refractivity contribution in [3.8, 4) is 0 Å². The lowest BCUT2D eigenvalue weighted by Crippen LogP contribution is -2.34. The maximum absolute atomic E-state index is 13.1. The highest BCUT2D eigenvalue weighted by Crippen LogP contribution is 2.43. The molecule has 0 bridgehead atoms. The van der Waals surface area contributed by atoms with Crippen LogP contribution >= 0.6 is 0 Å². The maximum atomic E-state index is 13.1. The molecule has 0 amide bonds. The van der Waals surface area contributed by atoms with E-state index >= 15 is 0 Å². The van der Waals surface area contributed by atoms with Crippen LogP contribution in [0.5, 0.6) is 0 Å². The van der Waals surface area contributed by atoms with Gasteiger partial charge in [-0.05, 0) is 0 Å². The zero-order chi connectivity index (χ0) is 16.4. The molecule has 0 spiro atoms. The minimum atomic E-state index is -1.12. The first-order chi connectivity index (χ1) is 11.8. The summed E-state index contributed by atoms with van der Waals surface area (Å²) in [5, 5.41) is 0. The first-order valence-corrected chi connectivity index (χ1v) is 7.92. The number of ether oxygens (including phenoxy) is 1. The molecule has 2 heteroatoms. The van der Waals surface area contributed by atoms with Gasteiger partial charge in [-0.15, -0.1) is 0 Å². The largest absolute Gasteiger partial charge is 0.469 e. The van der Waals surface area contributed by atoms with Crippen LogP contribution in [-0.2, 0) is 15.1 Å². The summed E-state index contributed by atoms with van der Waals surface area (Å²) in [6, 6.07) is 29.1. The zero-order valence-corrected chi connectivity index (χ0v) is 13.1. The molecule has 1 aliphatic rings. The lowest BCUT2D eigenvalue weighted by atomic mass is 9.83. The smallest absolute Gasteiger partial charge is 0.221 e. The van der Waals surface area contributed by atoms with Gasteiger partial charge in [-0.1, -0.05) is 91.0 Å². The Morgan fingerprint density at radius 1 is 0.625 bits per heavy atom. The molecule has 1 heterocycles. The Morgan fingerprint density at radius 3 is 1.58 bits per heavy atom. The number of carbonyl (C=O) groups excluding carboxylic acids is 1. The van der Waals surface area contributed by atoms with Gasteiger partial charge < -0.3 is 4.74 Å². The molecule has 0 unspecified atom stereocenters.